The van der Waals surface area contributed by atoms with Gasteiger partial charge in [0.25, 0.3) is 0 Å². The minimum atomic E-state index is -0.794. The number of hydrogen-bond donors (Lipinski definition) is 2. The van der Waals surface area contributed by atoms with Crippen LogP contribution < -0.4 is 0 Å². The van der Waals surface area contributed by atoms with Crippen LogP contribution in [0.5, 0.6) is 0 Å². The van der Waals surface area contributed by atoms with Crippen molar-refractivity contribution >= 4 is 110 Å². The fourth-order valence-electron chi connectivity index (χ4n) is 4.50. The molecule has 8 bridgehead atoms. The van der Waals surface area contributed by atoms with Gasteiger partial charge in [0, 0.05) is 33.4 Å². The predicted molar refractivity (Wildman–Crippen MR) is 179 cm³/mol. The highest BCUT2D eigenvalue weighted by molar-refractivity contribution is 9.11. The zero-order valence-corrected chi connectivity index (χ0v) is 26.9. The van der Waals surface area contributed by atoms with Crippen LogP contribution in [-0.2, 0) is 4.79 Å². The van der Waals surface area contributed by atoms with Crippen LogP contribution in [0.3, 0.4) is 0 Å². The molecule has 0 atom stereocenters. The van der Waals surface area contributed by atoms with E-state index in [1.807, 2.05) is 42.5 Å². The summed E-state index contributed by atoms with van der Waals surface area (Å²) in [5.74, 6) is 5.43. The molecule has 6 rings (SSSR count). The maximum absolute atomic E-state index is 10.7. The predicted octanol–water partition coefficient (Wildman–Crippen LogP) is 9.95. The lowest BCUT2D eigenvalue weighted by Gasteiger charge is -2.04. The minimum absolute atomic E-state index is 0.133. The summed E-state index contributed by atoms with van der Waals surface area (Å²) < 4.78 is 4.83. The molecule has 4 aromatic rings. The molecule has 0 amide bonds. The molecule has 0 saturated heterocycles. The summed E-state index contributed by atoms with van der Waals surface area (Å²) in [7, 11) is 0. The second kappa shape index (κ2) is 11.9. The number of nitrogens with one attached hydrogen (secondary N) is 1. The van der Waals surface area contributed by atoms with Crippen molar-refractivity contribution in [1.82, 2.24) is 15.0 Å². The number of benzene rings is 1. The van der Waals surface area contributed by atoms with Crippen molar-refractivity contribution in [1.29, 1.82) is 0 Å². The number of halogens is 3. The van der Waals surface area contributed by atoms with Gasteiger partial charge in [-0.05, 0) is 120 Å². The van der Waals surface area contributed by atoms with Gasteiger partial charge in [0.15, 0.2) is 0 Å². The lowest BCUT2D eigenvalue weighted by atomic mass is 10.0. The van der Waals surface area contributed by atoms with Crippen molar-refractivity contribution in [3.05, 3.63) is 90.3 Å². The second-order valence-corrected chi connectivity index (χ2v) is 12.8. The number of aliphatic carboxylic acids is 1. The van der Waals surface area contributed by atoms with Crippen molar-refractivity contribution in [2.24, 2.45) is 0 Å². The molecule has 0 saturated carbocycles. The molecule has 202 valence electrons. The van der Waals surface area contributed by atoms with E-state index < -0.39 is 5.97 Å². The number of aromatic nitrogens is 3. The molecule has 0 aliphatic carbocycles. The summed E-state index contributed by atoms with van der Waals surface area (Å²) >= 11 is 13.0. The molecule has 0 unspecified atom stereocenters. The largest absolute Gasteiger partial charge is 0.481 e. The van der Waals surface area contributed by atoms with Crippen molar-refractivity contribution in [3.8, 4) is 23.0 Å². The van der Waals surface area contributed by atoms with Gasteiger partial charge in [-0.15, -0.1) is 11.3 Å². The minimum Gasteiger partial charge on any atom is -0.481 e. The zero-order chi connectivity index (χ0) is 28.5. The Hall–Kier alpha value is -3.29. The number of unbranched alkanes of at least 4 members (excludes halogenated alkanes) is 1. The first-order chi connectivity index (χ1) is 19.9. The molecule has 0 spiro atoms. The Kier molecular flexibility index (Phi) is 8.09. The standard InChI is InChI=1S/C32H20Br3N3O2S/c33-30-21-11-10-20(36-21)29(19-8-6-18(7-9-19)4-2-1-3-5-28(39)40)26-16-17-27(41-26)32(35)25-15-14-24(38-25)31(34)23-13-12-22(30)37-23/h6-17,37H,1,3,5H2,(H,39,40). The van der Waals surface area contributed by atoms with Gasteiger partial charge in [0.1, 0.15) is 0 Å². The highest BCUT2D eigenvalue weighted by atomic mass is 79.9. The Morgan fingerprint density at radius 1 is 0.780 bits per heavy atom. The van der Waals surface area contributed by atoms with Crippen LogP contribution in [-0.4, -0.2) is 26.0 Å². The molecule has 0 fully saturated rings. The van der Waals surface area contributed by atoms with E-state index in [1.165, 1.54) is 0 Å². The van der Waals surface area contributed by atoms with Crippen molar-refractivity contribution in [2.45, 2.75) is 19.3 Å². The van der Waals surface area contributed by atoms with E-state index in [9.17, 15) is 4.79 Å². The number of rotatable bonds is 4. The number of carbonyl (C=O) groups is 1. The third-order valence-electron chi connectivity index (χ3n) is 6.54. The molecule has 2 N–H and O–H groups in total. The fourth-order valence-corrected chi connectivity index (χ4v) is 7.03. The highest BCUT2D eigenvalue weighted by Crippen LogP contribution is 2.38. The number of carboxylic acids is 1. The van der Waals surface area contributed by atoms with Gasteiger partial charge in [0.2, 0.25) is 0 Å². The Morgan fingerprint density at radius 3 is 2.02 bits per heavy atom. The lowest BCUT2D eigenvalue weighted by molar-refractivity contribution is -0.137. The summed E-state index contributed by atoms with van der Waals surface area (Å²) in [5, 5.41) is 8.81. The van der Waals surface area contributed by atoms with Gasteiger partial charge >= 0.3 is 5.97 Å². The molecule has 3 aromatic heterocycles. The van der Waals surface area contributed by atoms with Crippen LogP contribution in [0, 0.1) is 11.8 Å². The number of hydrogen-bond acceptors (Lipinski definition) is 4. The van der Waals surface area contributed by atoms with Crippen LogP contribution in [0.1, 0.15) is 47.6 Å². The molecular weight excluding hydrogens is 730 g/mol. The number of aromatic amines is 1. The molecule has 2 aliphatic rings. The van der Waals surface area contributed by atoms with Crippen molar-refractivity contribution in [2.75, 3.05) is 0 Å². The van der Waals surface area contributed by atoms with E-state index in [4.69, 9.17) is 15.1 Å². The van der Waals surface area contributed by atoms with E-state index in [1.54, 1.807) is 11.3 Å². The van der Waals surface area contributed by atoms with Gasteiger partial charge in [-0.2, -0.15) is 0 Å². The summed E-state index contributed by atoms with van der Waals surface area (Å²) in [5.41, 5.74) is 8.19. The number of carboxylic acid groups (broad SMARTS) is 1. The van der Waals surface area contributed by atoms with Gasteiger partial charge in [-0.3, -0.25) is 4.79 Å². The third kappa shape index (κ3) is 5.88. The fraction of sp³-hybridized carbons (Fsp3) is 0.0938. The lowest BCUT2D eigenvalue weighted by Crippen LogP contribution is -1.92. The highest BCUT2D eigenvalue weighted by Gasteiger charge is 2.15. The van der Waals surface area contributed by atoms with Crippen molar-refractivity contribution in [3.63, 3.8) is 0 Å². The molecular formula is C32H20Br3N3O2S. The third-order valence-corrected chi connectivity index (χ3v) is 10.4. The smallest absolute Gasteiger partial charge is 0.303 e. The quantitative estimate of drug-likeness (QED) is 0.139. The van der Waals surface area contributed by atoms with E-state index >= 15 is 0 Å². The summed E-state index contributed by atoms with van der Waals surface area (Å²) in [6, 6.07) is 16.4. The zero-order valence-electron chi connectivity index (χ0n) is 21.3. The number of thiophene rings is 1. The number of H-pyrrole nitrogens is 1. The molecule has 1 aromatic carbocycles. The molecule has 9 heteroatoms. The van der Waals surface area contributed by atoms with Crippen LogP contribution >= 0.6 is 59.1 Å². The van der Waals surface area contributed by atoms with E-state index in [2.05, 4.69) is 95.0 Å². The van der Waals surface area contributed by atoms with Crippen molar-refractivity contribution < 1.29 is 9.90 Å². The summed E-state index contributed by atoms with van der Waals surface area (Å²) in [4.78, 5) is 24.1. The van der Waals surface area contributed by atoms with Gasteiger partial charge in [0.05, 0.1) is 47.2 Å². The van der Waals surface area contributed by atoms with Crippen LogP contribution in [0.2, 0.25) is 0 Å². The van der Waals surface area contributed by atoms with E-state index in [0.717, 1.165) is 73.3 Å². The Balaban J connectivity index is 1.54. The normalized spacial score (nSPS) is 11.9. The first kappa shape index (κ1) is 27.9. The average molecular weight is 750 g/mol. The summed E-state index contributed by atoms with van der Waals surface area (Å²) in [6.45, 7) is 0. The maximum Gasteiger partial charge on any atom is 0.303 e. The molecule has 2 aliphatic heterocycles. The van der Waals surface area contributed by atoms with E-state index in [0.29, 0.717) is 12.8 Å². The Labute approximate surface area is 265 Å². The average Bonchev–Trinajstić information content (AvgIpc) is 3.79. The van der Waals surface area contributed by atoms with Crippen LogP contribution in [0.4, 0.5) is 0 Å². The maximum atomic E-state index is 10.7. The molecule has 5 nitrogen and oxygen atoms in total. The molecule has 41 heavy (non-hydrogen) atoms. The number of fused-ring (bicyclic) bond motifs is 8. The molecule has 0 radical (unpaired) electrons. The monoisotopic (exact) mass is 747 g/mol. The van der Waals surface area contributed by atoms with E-state index in [-0.39, 0.29) is 6.42 Å². The topological polar surface area (TPSA) is 78.9 Å². The Morgan fingerprint density at radius 2 is 1.37 bits per heavy atom. The van der Waals surface area contributed by atoms with Crippen LogP contribution in [0.25, 0.3) is 55.9 Å². The second-order valence-electron chi connectivity index (χ2n) is 9.32. The van der Waals surface area contributed by atoms with Gasteiger partial charge in [-0.25, -0.2) is 9.97 Å². The Bertz CT molecular complexity index is 1990. The van der Waals surface area contributed by atoms with Crippen LogP contribution in [0.15, 0.2) is 61.9 Å². The molecule has 5 heterocycles. The first-order valence-electron chi connectivity index (χ1n) is 12.7. The number of nitrogens with zero attached hydrogens (tertiary/aromatic N) is 2. The SMILES string of the molecule is O=C(O)CCCC#Cc1ccc(-c2c3nc(c(Br)c4ccc([nH]4)c(Br)c4nc(c(Br)c5ccc2s5)C=C4)C=C3)cc1. The summed E-state index contributed by atoms with van der Waals surface area (Å²) in [6.07, 6.45) is 9.33. The van der Waals surface area contributed by atoms with Gasteiger partial charge < -0.3 is 10.1 Å². The first-order valence-corrected chi connectivity index (χ1v) is 15.9. The van der Waals surface area contributed by atoms with Gasteiger partial charge in [-0.1, -0.05) is 24.0 Å².